The van der Waals surface area contributed by atoms with Crippen LogP contribution in [0.2, 0.25) is 0 Å². The van der Waals surface area contributed by atoms with E-state index in [1.165, 1.54) is 6.42 Å². The molecule has 0 radical (unpaired) electrons. The first-order valence-corrected chi connectivity index (χ1v) is 7.64. The number of para-hydroxylation sites is 1. The minimum absolute atomic E-state index is 0.0661. The Kier molecular flexibility index (Phi) is 5.62. The van der Waals surface area contributed by atoms with Crippen molar-refractivity contribution < 1.29 is 19.7 Å². The van der Waals surface area contributed by atoms with E-state index >= 15 is 0 Å². The molecule has 1 aromatic carbocycles. The van der Waals surface area contributed by atoms with E-state index in [9.17, 15) is 15.0 Å². The number of carbonyl (C=O) groups is 1. The van der Waals surface area contributed by atoms with Crippen LogP contribution in [-0.2, 0) is 11.2 Å². The molecule has 0 spiro atoms. The highest BCUT2D eigenvalue weighted by atomic mass is 16.5. The van der Waals surface area contributed by atoms with Gasteiger partial charge in [0.25, 0.3) is 0 Å². The third-order valence-electron chi connectivity index (χ3n) is 4.48. The maximum absolute atomic E-state index is 11.5. The fraction of sp³-hybridized carbons (Fsp3) is 0.588. The molecule has 116 valence electrons. The second-order valence-corrected chi connectivity index (χ2v) is 5.83. The van der Waals surface area contributed by atoms with E-state index < -0.39 is 18.0 Å². The van der Waals surface area contributed by atoms with E-state index in [1.807, 2.05) is 18.2 Å². The molecular formula is C17H23O4-. The zero-order chi connectivity index (χ0) is 15.2. The minimum atomic E-state index is -1.18. The van der Waals surface area contributed by atoms with Gasteiger partial charge in [-0.15, -0.1) is 0 Å². The number of aliphatic hydroxyl groups excluding tert-OH is 1. The minimum Gasteiger partial charge on any atom is -0.550 e. The smallest absolute Gasteiger partial charge is 0.122 e. The van der Waals surface area contributed by atoms with Gasteiger partial charge < -0.3 is 19.7 Å². The van der Waals surface area contributed by atoms with E-state index in [1.54, 1.807) is 13.2 Å². The highest BCUT2D eigenvalue weighted by molar-refractivity contribution is 5.69. The molecule has 0 amide bonds. The third kappa shape index (κ3) is 3.97. The Hall–Kier alpha value is -1.55. The summed E-state index contributed by atoms with van der Waals surface area (Å²) in [6.07, 6.45) is 4.50. The van der Waals surface area contributed by atoms with Crippen molar-refractivity contribution in [1.82, 2.24) is 0 Å². The summed E-state index contributed by atoms with van der Waals surface area (Å²) in [5.74, 6) is -1.35. The quantitative estimate of drug-likeness (QED) is 0.863. The maximum atomic E-state index is 11.5. The molecule has 21 heavy (non-hydrogen) atoms. The largest absolute Gasteiger partial charge is 0.550 e. The molecule has 2 atom stereocenters. The first kappa shape index (κ1) is 15.8. The van der Waals surface area contributed by atoms with Crippen LogP contribution < -0.4 is 9.84 Å². The van der Waals surface area contributed by atoms with Gasteiger partial charge in [0.05, 0.1) is 13.2 Å². The van der Waals surface area contributed by atoms with Crippen molar-refractivity contribution in [3.63, 3.8) is 0 Å². The van der Waals surface area contributed by atoms with Crippen LogP contribution in [0.15, 0.2) is 24.3 Å². The number of hydrogen-bond donors (Lipinski definition) is 1. The molecule has 4 heteroatoms. The summed E-state index contributed by atoms with van der Waals surface area (Å²) >= 11 is 0. The number of carboxylic acids is 1. The van der Waals surface area contributed by atoms with Crippen molar-refractivity contribution >= 4 is 5.97 Å². The number of benzene rings is 1. The molecule has 0 aliphatic heterocycles. The molecular weight excluding hydrogens is 268 g/mol. The third-order valence-corrected chi connectivity index (χ3v) is 4.48. The fourth-order valence-corrected chi connectivity index (χ4v) is 3.26. The average Bonchev–Trinajstić information content (AvgIpc) is 2.53. The van der Waals surface area contributed by atoms with Gasteiger partial charge in [0.2, 0.25) is 0 Å². The zero-order valence-electron chi connectivity index (χ0n) is 12.5. The zero-order valence-corrected chi connectivity index (χ0v) is 12.5. The summed E-state index contributed by atoms with van der Waals surface area (Å²) in [6.45, 7) is 0. The predicted molar refractivity (Wildman–Crippen MR) is 77.8 cm³/mol. The summed E-state index contributed by atoms with van der Waals surface area (Å²) in [6, 6.07) is 7.32. The van der Waals surface area contributed by atoms with Gasteiger partial charge in [-0.25, -0.2) is 0 Å². The highest BCUT2D eigenvalue weighted by Crippen LogP contribution is 2.32. The maximum Gasteiger partial charge on any atom is 0.122 e. The van der Waals surface area contributed by atoms with Crippen LogP contribution in [0.3, 0.4) is 0 Å². The lowest BCUT2D eigenvalue weighted by molar-refractivity contribution is -0.315. The number of ether oxygens (including phenoxy) is 1. The van der Waals surface area contributed by atoms with Crippen LogP contribution >= 0.6 is 0 Å². The molecule has 1 aliphatic carbocycles. The van der Waals surface area contributed by atoms with Crippen LogP contribution in [0.5, 0.6) is 5.75 Å². The average molecular weight is 291 g/mol. The van der Waals surface area contributed by atoms with Crippen molar-refractivity contribution in [3.8, 4) is 5.75 Å². The fourth-order valence-electron chi connectivity index (χ4n) is 3.26. The number of aliphatic hydroxyl groups is 1. The molecule has 1 aromatic rings. The van der Waals surface area contributed by atoms with Crippen molar-refractivity contribution in [3.05, 3.63) is 29.8 Å². The Morgan fingerprint density at radius 3 is 2.62 bits per heavy atom. The van der Waals surface area contributed by atoms with Crippen LogP contribution in [-0.4, -0.2) is 24.3 Å². The topological polar surface area (TPSA) is 69.6 Å². The Balaban J connectivity index is 2.13. The molecule has 1 aliphatic rings. The van der Waals surface area contributed by atoms with Gasteiger partial charge in [0.15, 0.2) is 0 Å². The van der Waals surface area contributed by atoms with E-state index in [2.05, 4.69) is 0 Å². The summed E-state index contributed by atoms with van der Waals surface area (Å²) in [5.41, 5.74) is 0.795. The van der Waals surface area contributed by atoms with E-state index in [-0.39, 0.29) is 12.3 Å². The first-order valence-electron chi connectivity index (χ1n) is 7.64. The SMILES string of the molecule is COc1ccccc1CC(C(=O)[O-])C(O)C1CCCCC1. The van der Waals surface area contributed by atoms with Crippen molar-refractivity contribution in [1.29, 1.82) is 0 Å². The van der Waals surface area contributed by atoms with Gasteiger partial charge in [-0.05, 0) is 36.8 Å². The number of aliphatic carboxylic acids is 1. The Morgan fingerprint density at radius 1 is 1.33 bits per heavy atom. The molecule has 0 saturated heterocycles. The van der Waals surface area contributed by atoms with E-state index in [0.29, 0.717) is 5.75 Å². The molecule has 0 heterocycles. The van der Waals surface area contributed by atoms with Gasteiger partial charge in [-0.1, -0.05) is 37.5 Å². The molecule has 0 bridgehead atoms. The normalized spacial score (nSPS) is 19.0. The van der Waals surface area contributed by atoms with Gasteiger partial charge in [0.1, 0.15) is 5.75 Å². The second-order valence-electron chi connectivity index (χ2n) is 5.83. The summed E-state index contributed by atoms with van der Waals surface area (Å²) in [4.78, 5) is 11.5. The molecule has 1 saturated carbocycles. The standard InChI is InChI=1S/C17H24O4/c1-21-15-10-6-5-9-13(15)11-14(17(19)20)16(18)12-7-3-2-4-8-12/h5-6,9-10,12,14,16,18H,2-4,7-8,11H2,1H3,(H,19,20)/p-1. The lowest BCUT2D eigenvalue weighted by atomic mass is 9.78. The molecule has 1 fully saturated rings. The van der Waals surface area contributed by atoms with Crippen LogP contribution in [0.4, 0.5) is 0 Å². The first-order chi connectivity index (χ1) is 10.1. The van der Waals surface area contributed by atoms with Crippen molar-refractivity contribution in [2.45, 2.75) is 44.6 Å². The highest BCUT2D eigenvalue weighted by Gasteiger charge is 2.30. The number of hydrogen-bond acceptors (Lipinski definition) is 4. The lowest BCUT2D eigenvalue weighted by Crippen LogP contribution is -2.43. The van der Waals surface area contributed by atoms with Crippen molar-refractivity contribution in [2.24, 2.45) is 11.8 Å². The lowest BCUT2D eigenvalue weighted by Gasteiger charge is -2.33. The summed E-state index contributed by atoms with van der Waals surface area (Å²) in [7, 11) is 1.56. The molecule has 2 unspecified atom stereocenters. The molecule has 0 aromatic heterocycles. The Labute approximate surface area is 125 Å². The number of carbonyl (C=O) groups excluding carboxylic acids is 1. The van der Waals surface area contributed by atoms with Gasteiger partial charge >= 0.3 is 0 Å². The van der Waals surface area contributed by atoms with E-state index in [0.717, 1.165) is 31.2 Å². The monoisotopic (exact) mass is 291 g/mol. The number of carboxylic acid groups (broad SMARTS) is 1. The number of rotatable bonds is 6. The Bertz CT molecular complexity index is 466. The van der Waals surface area contributed by atoms with Crippen LogP contribution in [0, 0.1) is 11.8 Å². The molecule has 1 N–H and O–H groups in total. The van der Waals surface area contributed by atoms with Gasteiger partial charge in [-0.3, -0.25) is 0 Å². The number of methoxy groups -OCH3 is 1. The summed E-state index contributed by atoms with van der Waals surface area (Å²) < 4.78 is 5.26. The van der Waals surface area contributed by atoms with Crippen LogP contribution in [0.25, 0.3) is 0 Å². The van der Waals surface area contributed by atoms with Gasteiger partial charge in [0, 0.05) is 11.9 Å². The van der Waals surface area contributed by atoms with Gasteiger partial charge in [-0.2, -0.15) is 0 Å². The van der Waals surface area contributed by atoms with Crippen LogP contribution in [0.1, 0.15) is 37.7 Å². The summed E-state index contributed by atoms with van der Waals surface area (Å²) in [5, 5.41) is 21.9. The van der Waals surface area contributed by atoms with E-state index in [4.69, 9.17) is 4.74 Å². The van der Waals surface area contributed by atoms with Crippen molar-refractivity contribution in [2.75, 3.05) is 7.11 Å². The molecule has 4 nitrogen and oxygen atoms in total. The molecule has 2 rings (SSSR count). The second kappa shape index (κ2) is 7.46. The Morgan fingerprint density at radius 2 is 2.00 bits per heavy atom. The predicted octanol–water partition coefficient (Wildman–Crippen LogP) is 1.54.